The Morgan fingerprint density at radius 1 is 1.07 bits per heavy atom. The molecule has 0 spiro atoms. The van der Waals surface area contributed by atoms with Crippen molar-refractivity contribution in [1.29, 1.82) is 0 Å². The predicted molar refractivity (Wildman–Crippen MR) is 107 cm³/mol. The van der Waals surface area contributed by atoms with E-state index in [9.17, 15) is 4.39 Å². The van der Waals surface area contributed by atoms with Crippen molar-refractivity contribution in [3.8, 4) is 0 Å². The van der Waals surface area contributed by atoms with Gasteiger partial charge in [-0.3, -0.25) is 5.10 Å². The number of nitrogens with one attached hydrogen (secondary N) is 2. The first-order chi connectivity index (χ1) is 13.8. The van der Waals surface area contributed by atoms with Crippen LogP contribution in [0.1, 0.15) is 24.4 Å². The Hall–Kier alpha value is -3.48. The largest absolute Gasteiger partial charge is 0.349 e. The standard InChI is InChI=1S/C21H19FN6/c22-15-9-7-14(8-10-15)18-6-3-11-28(18)20-12-19(23-13-24-20)25-21-16-4-1-2-5-17(16)26-27-21/h1-2,4-5,7-10,12-13,18H,3,6,11H2,(H2,23,24,25,26,27). The second-order valence-electron chi connectivity index (χ2n) is 6.91. The number of halogens is 1. The average Bonchev–Trinajstić information content (AvgIpc) is 3.37. The fourth-order valence-corrected chi connectivity index (χ4v) is 3.82. The van der Waals surface area contributed by atoms with Crippen molar-refractivity contribution in [2.24, 2.45) is 0 Å². The lowest BCUT2D eigenvalue weighted by molar-refractivity contribution is 0.624. The van der Waals surface area contributed by atoms with Gasteiger partial charge in [-0.05, 0) is 42.7 Å². The van der Waals surface area contributed by atoms with Crippen molar-refractivity contribution in [3.63, 3.8) is 0 Å². The van der Waals surface area contributed by atoms with Crippen LogP contribution in [0.25, 0.3) is 10.9 Å². The van der Waals surface area contributed by atoms with Crippen LogP contribution in [0.15, 0.2) is 60.9 Å². The first-order valence-corrected chi connectivity index (χ1v) is 9.32. The molecule has 0 saturated carbocycles. The van der Waals surface area contributed by atoms with Crippen LogP contribution in [-0.4, -0.2) is 26.7 Å². The van der Waals surface area contributed by atoms with Crippen LogP contribution >= 0.6 is 0 Å². The Bertz CT molecular complexity index is 1110. The Morgan fingerprint density at radius 2 is 1.93 bits per heavy atom. The summed E-state index contributed by atoms with van der Waals surface area (Å²) in [6.45, 7) is 0.907. The van der Waals surface area contributed by atoms with Gasteiger partial charge in [0.2, 0.25) is 0 Å². The van der Waals surface area contributed by atoms with Gasteiger partial charge in [-0.2, -0.15) is 5.10 Å². The van der Waals surface area contributed by atoms with E-state index in [4.69, 9.17) is 0 Å². The third kappa shape index (κ3) is 3.05. The maximum Gasteiger partial charge on any atom is 0.161 e. The SMILES string of the molecule is Fc1ccc(C2CCCN2c2cc(Nc3n[nH]c4ccccc34)ncn2)cc1. The normalized spacial score (nSPS) is 16.6. The summed E-state index contributed by atoms with van der Waals surface area (Å²) in [5.74, 6) is 2.06. The number of aromatic nitrogens is 4. The molecule has 140 valence electrons. The summed E-state index contributed by atoms with van der Waals surface area (Å²) in [6.07, 6.45) is 3.65. The molecule has 1 saturated heterocycles. The molecule has 7 heteroatoms. The zero-order valence-electron chi connectivity index (χ0n) is 15.1. The summed E-state index contributed by atoms with van der Waals surface area (Å²) in [5.41, 5.74) is 2.07. The lowest BCUT2D eigenvalue weighted by atomic mass is 10.0. The molecule has 28 heavy (non-hydrogen) atoms. The minimum Gasteiger partial charge on any atom is -0.349 e. The molecule has 5 rings (SSSR count). The van der Waals surface area contributed by atoms with Crippen LogP contribution < -0.4 is 10.2 Å². The molecule has 2 aromatic heterocycles. The van der Waals surface area contributed by atoms with E-state index in [2.05, 4.69) is 30.4 Å². The minimum atomic E-state index is -0.215. The first kappa shape index (κ1) is 16.7. The van der Waals surface area contributed by atoms with E-state index >= 15 is 0 Å². The number of anilines is 3. The average molecular weight is 374 g/mol. The predicted octanol–water partition coefficient (Wildman–Crippen LogP) is 4.58. The number of nitrogens with zero attached hydrogens (tertiary/aromatic N) is 4. The van der Waals surface area contributed by atoms with Gasteiger partial charge in [0.1, 0.15) is 23.8 Å². The van der Waals surface area contributed by atoms with E-state index < -0.39 is 0 Å². The highest BCUT2D eigenvalue weighted by Gasteiger charge is 2.27. The van der Waals surface area contributed by atoms with Gasteiger partial charge in [-0.25, -0.2) is 14.4 Å². The van der Waals surface area contributed by atoms with Crippen molar-refractivity contribution in [1.82, 2.24) is 20.2 Å². The molecule has 4 aromatic rings. The summed E-state index contributed by atoms with van der Waals surface area (Å²) >= 11 is 0. The molecule has 0 radical (unpaired) electrons. The molecule has 2 N–H and O–H groups in total. The third-order valence-corrected chi connectivity index (χ3v) is 5.17. The second kappa shape index (κ2) is 6.92. The molecule has 1 fully saturated rings. The number of fused-ring (bicyclic) bond motifs is 1. The molecular weight excluding hydrogens is 355 g/mol. The van der Waals surface area contributed by atoms with E-state index in [1.54, 1.807) is 6.33 Å². The number of rotatable bonds is 4. The third-order valence-electron chi connectivity index (χ3n) is 5.17. The summed E-state index contributed by atoms with van der Waals surface area (Å²) < 4.78 is 13.3. The van der Waals surface area contributed by atoms with E-state index in [1.165, 1.54) is 12.1 Å². The van der Waals surface area contributed by atoms with Gasteiger partial charge in [0.05, 0.1) is 11.6 Å². The van der Waals surface area contributed by atoms with Crippen LogP contribution in [0.5, 0.6) is 0 Å². The van der Waals surface area contributed by atoms with E-state index in [1.807, 2.05) is 42.5 Å². The van der Waals surface area contributed by atoms with Crippen LogP contribution in [0, 0.1) is 5.82 Å². The molecule has 0 bridgehead atoms. The first-order valence-electron chi connectivity index (χ1n) is 9.32. The number of H-pyrrole nitrogens is 1. The molecule has 2 aromatic carbocycles. The Labute approximate surface area is 161 Å². The number of benzene rings is 2. The minimum absolute atomic E-state index is 0.189. The van der Waals surface area contributed by atoms with Crippen molar-refractivity contribution in [2.45, 2.75) is 18.9 Å². The van der Waals surface area contributed by atoms with Crippen LogP contribution in [0.4, 0.5) is 21.8 Å². The summed E-state index contributed by atoms with van der Waals surface area (Å²) in [7, 11) is 0. The van der Waals surface area contributed by atoms with Gasteiger partial charge in [-0.1, -0.05) is 24.3 Å². The molecule has 1 unspecified atom stereocenters. The highest BCUT2D eigenvalue weighted by molar-refractivity contribution is 5.91. The Balaban J connectivity index is 1.42. The zero-order valence-corrected chi connectivity index (χ0v) is 15.1. The van der Waals surface area contributed by atoms with Gasteiger partial charge >= 0.3 is 0 Å². The summed E-state index contributed by atoms with van der Waals surface area (Å²) in [4.78, 5) is 11.1. The molecule has 1 aliphatic heterocycles. The highest BCUT2D eigenvalue weighted by Crippen LogP contribution is 2.36. The van der Waals surface area contributed by atoms with Crippen molar-refractivity contribution in [2.75, 3.05) is 16.8 Å². The zero-order chi connectivity index (χ0) is 18.9. The number of hydrogen-bond donors (Lipinski definition) is 2. The maximum absolute atomic E-state index is 13.3. The van der Waals surface area contributed by atoms with Crippen molar-refractivity contribution >= 4 is 28.4 Å². The molecule has 3 heterocycles. The molecule has 1 atom stereocenters. The smallest absolute Gasteiger partial charge is 0.161 e. The van der Waals surface area contributed by atoms with Crippen molar-refractivity contribution in [3.05, 3.63) is 72.3 Å². The van der Waals surface area contributed by atoms with Crippen LogP contribution in [0.3, 0.4) is 0 Å². The quantitative estimate of drug-likeness (QED) is 0.547. The summed E-state index contributed by atoms with van der Waals surface area (Å²) in [6, 6.07) is 16.8. The molecular formula is C21H19FN6. The van der Waals surface area contributed by atoms with Gasteiger partial charge in [0.25, 0.3) is 0 Å². The Morgan fingerprint density at radius 3 is 2.82 bits per heavy atom. The van der Waals surface area contributed by atoms with Crippen LogP contribution in [-0.2, 0) is 0 Å². The van der Waals surface area contributed by atoms with Gasteiger partial charge in [0.15, 0.2) is 5.82 Å². The lowest BCUT2D eigenvalue weighted by Crippen LogP contribution is -2.23. The van der Waals surface area contributed by atoms with E-state index in [-0.39, 0.29) is 11.9 Å². The number of para-hydroxylation sites is 1. The number of hydrogen-bond acceptors (Lipinski definition) is 5. The lowest BCUT2D eigenvalue weighted by Gasteiger charge is -2.26. The molecule has 6 nitrogen and oxygen atoms in total. The van der Waals surface area contributed by atoms with Gasteiger partial charge < -0.3 is 10.2 Å². The number of aromatic amines is 1. The van der Waals surface area contributed by atoms with Crippen molar-refractivity contribution < 1.29 is 4.39 Å². The van der Waals surface area contributed by atoms with E-state index in [0.29, 0.717) is 5.82 Å². The van der Waals surface area contributed by atoms with E-state index in [0.717, 1.165) is 47.5 Å². The monoisotopic (exact) mass is 374 g/mol. The van der Waals surface area contributed by atoms with Crippen LogP contribution in [0.2, 0.25) is 0 Å². The molecule has 0 aliphatic carbocycles. The Kier molecular flexibility index (Phi) is 4.12. The highest BCUT2D eigenvalue weighted by atomic mass is 19.1. The fraction of sp³-hybridized carbons (Fsp3) is 0.190. The second-order valence-corrected chi connectivity index (χ2v) is 6.91. The summed E-state index contributed by atoms with van der Waals surface area (Å²) in [5, 5.41) is 11.6. The molecule has 0 amide bonds. The topological polar surface area (TPSA) is 69.7 Å². The maximum atomic E-state index is 13.3. The fourth-order valence-electron chi connectivity index (χ4n) is 3.82. The van der Waals surface area contributed by atoms with Gasteiger partial charge in [0, 0.05) is 18.0 Å². The van der Waals surface area contributed by atoms with Gasteiger partial charge in [-0.15, -0.1) is 0 Å². The molecule has 1 aliphatic rings.